The summed E-state index contributed by atoms with van der Waals surface area (Å²) in [5.74, 6) is -0.218. The topological polar surface area (TPSA) is 72.4 Å². The molecule has 29 heavy (non-hydrogen) atoms. The number of nitrogens with one attached hydrogen (secondary N) is 2. The molecule has 0 spiro atoms. The lowest BCUT2D eigenvalue weighted by Crippen LogP contribution is -2.15. The molecular formula is C21H19Cl2N3O3. The number of hydrogen-bond acceptors (Lipinski definition) is 3. The summed E-state index contributed by atoms with van der Waals surface area (Å²) in [6.45, 7) is 1.75. The lowest BCUT2D eigenvalue weighted by Gasteiger charge is -2.15. The fourth-order valence-corrected chi connectivity index (χ4v) is 3.15. The number of amides is 2. The molecule has 0 radical (unpaired) electrons. The summed E-state index contributed by atoms with van der Waals surface area (Å²) in [6, 6.07) is 11.8. The second-order valence-corrected chi connectivity index (χ2v) is 6.96. The number of anilines is 2. The van der Waals surface area contributed by atoms with Crippen LogP contribution in [0.25, 0.3) is 5.69 Å². The van der Waals surface area contributed by atoms with Crippen LogP contribution in [0.4, 0.5) is 11.4 Å². The fourth-order valence-electron chi connectivity index (χ4n) is 2.72. The molecule has 0 aliphatic heterocycles. The van der Waals surface area contributed by atoms with Gasteiger partial charge in [0.2, 0.25) is 5.91 Å². The number of methoxy groups -OCH3 is 1. The molecule has 3 aromatic rings. The maximum Gasteiger partial charge on any atom is 0.259 e. The number of carbonyl (C=O) groups is 2. The molecule has 0 fully saturated rings. The lowest BCUT2D eigenvalue weighted by atomic mass is 10.1. The van der Waals surface area contributed by atoms with Gasteiger partial charge in [-0.3, -0.25) is 9.59 Å². The normalized spacial score (nSPS) is 10.5. The standard InChI is InChI=1S/C21H19Cl2N3O3/c1-3-20(27)24-13-6-7-15(22)17(10-13)25-21(28)14-11-16(23)18(12-19(14)29-2)26-8-4-5-9-26/h4-12H,3H2,1-2H3,(H,24,27)(H,25,28). The van der Waals surface area contributed by atoms with E-state index in [-0.39, 0.29) is 11.5 Å². The van der Waals surface area contributed by atoms with Crippen LogP contribution in [0.15, 0.2) is 54.9 Å². The van der Waals surface area contributed by atoms with Crippen molar-refractivity contribution < 1.29 is 14.3 Å². The van der Waals surface area contributed by atoms with Crippen LogP contribution in [0, 0.1) is 0 Å². The second-order valence-electron chi connectivity index (χ2n) is 6.14. The van der Waals surface area contributed by atoms with Crippen LogP contribution in [0.3, 0.4) is 0 Å². The molecule has 150 valence electrons. The average molecular weight is 432 g/mol. The van der Waals surface area contributed by atoms with Crippen molar-refractivity contribution in [3.63, 3.8) is 0 Å². The Morgan fingerprint density at radius 3 is 2.41 bits per heavy atom. The highest BCUT2D eigenvalue weighted by molar-refractivity contribution is 6.34. The largest absolute Gasteiger partial charge is 0.496 e. The van der Waals surface area contributed by atoms with Crippen molar-refractivity contribution in [2.24, 2.45) is 0 Å². The highest BCUT2D eigenvalue weighted by atomic mass is 35.5. The molecule has 0 unspecified atom stereocenters. The summed E-state index contributed by atoms with van der Waals surface area (Å²) in [4.78, 5) is 24.5. The highest BCUT2D eigenvalue weighted by Gasteiger charge is 2.18. The van der Waals surface area contributed by atoms with Crippen molar-refractivity contribution in [2.75, 3.05) is 17.7 Å². The first-order chi connectivity index (χ1) is 13.9. The third kappa shape index (κ3) is 4.72. The molecule has 3 rings (SSSR count). The van der Waals surface area contributed by atoms with Crippen LogP contribution in [0.2, 0.25) is 10.0 Å². The smallest absolute Gasteiger partial charge is 0.259 e. The lowest BCUT2D eigenvalue weighted by molar-refractivity contribution is -0.115. The van der Waals surface area contributed by atoms with Crippen molar-refractivity contribution in [3.05, 3.63) is 70.5 Å². The molecule has 1 heterocycles. The van der Waals surface area contributed by atoms with E-state index in [1.54, 1.807) is 37.3 Å². The highest BCUT2D eigenvalue weighted by Crippen LogP contribution is 2.32. The van der Waals surface area contributed by atoms with E-state index in [9.17, 15) is 9.59 Å². The third-order valence-electron chi connectivity index (χ3n) is 4.22. The van der Waals surface area contributed by atoms with Gasteiger partial charge in [-0.15, -0.1) is 0 Å². The molecule has 1 aromatic heterocycles. The summed E-state index contributed by atoms with van der Waals surface area (Å²) in [6.07, 6.45) is 4.03. The van der Waals surface area contributed by atoms with Crippen LogP contribution in [0.1, 0.15) is 23.7 Å². The van der Waals surface area contributed by atoms with Crippen molar-refractivity contribution in [3.8, 4) is 11.4 Å². The number of nitrogens with zero attached hydrogens (tertiary/aromatic N) is 1. The van der Waals surface area contributed by atoms with E-state index in [1.165, 1.54) is 7.11 Å². The number of aromatic nitrogens is 1. The van der Waals surface area contributed by atoms with E-state index < -0.39 is 5.91 Å². The first-order valence-electron chi connectivity index (χ1n) is 8.84. The minimum absolute atomic E-state index is 0.140. The molecule has 0 aliphatic carbocycles. The van der Waals surface area contributed by atoms with Gasteiger partial charge in [0, 0.05) is 30.6 Å². The average Bonchev–Trinajstić information content (AvgIpc) is 3.24. The molecule has 6 nitrogen and oxygen atoms in total. The Balaban J connectivity index is 1.90. The number of halogens is 2. The summed E-state index contributed by atoms with van der Waals surface area (Å²) >= 11 is 12.6. The van der Waals surface area contributed by atoms with Gasteiger partial charge in [0.05, 0.1) is 34.1 Å². The zero-order chi connectivity index (χ0) is 21.0. The van der Waals surface area contributed by atoms with Crippen molar-refractivity contribution in [1.29, 1.82) is 0 Å². The zero-order valence-electron chi connectivity index (χ0n) is 15.8. The Bertz CT molecular complexity index is 1050. The third-order valence-corrected chi connectivity index (χ3v) is 4.85. The van der Waals surface area contributed by atoms with E-state index in [2.05, 4.69) is 10.6 Å². The predicted octanol–water partition coefficient (Wildman–Crippen LogP) is 5.39. The van der Waals surface area contributed by atoms with Gasteiger partial charge >= 0.3 is 0 Å². The Morgan fingerprint density at radius 1 is 1.03 bits per heavy atom. The minimum Gasteiger partial charge on any atom is -0.496 e. The number of carbonyl (C=O) groups excluding carboxylic acids is 2. The maximum atomic E-state index is 12.9. The monoisotopic (exact) mass is 431 g/mol. The second kappa shape index (κ2) is 9.03. The minimum atomic E-state index is -0.441. The molecule has 0 bridgehead atoms. The van der Waals surface area contributed by atoms with Gasteiger partial charge in [0.25, 0.3) is 5.91 Å². The van der Waals surface area contributed by atoms with E-state index >= 15 is 0 Å². The molecule has 0 saturated carbocycles. The molecule has 2 N–H and O–H groups in total. The van der Waals surface area contributed by atoms with E-state index in [1.807, 2.05) is 29.1 Å². The zero-order valence-corrected chi connectivity index (χ0v) is 17.3. The Morgan fingerprint density at radius 2 is 1.76 bits per heavy atom. The van der Waals surface area contributed by atoms with Crippen LogP contribution < -0.4 is 15.4 Å². The molecule has 0 aliphatic rings. The summed E-state index contributed by atoms with van der Waals surface area (Å²) in [7, 11) is 1.48. The van der Waals surface area contributed by atoms with Gasteiger partial charge in [-0.05, 0) is 36.4 Å². The summed E-state index contributed by atoms with van der Waals surface area (Å²) in [5, 5.41) is 6.20. The van der Waals surface area contributed by atoms with Gasteiger partial charge < -0.3 is 19.9 Å². The first-order valence-corrected chi connectivity index (χ1v) is 9.60. The number of ether oxygens (including phenoxy) is 1. The SMILES string of the molecule is CCC(=O)Nc1ccc(Cl)c(NC(=O)c2cc(Cl)c(-n3cccc3)cc2OC)c1. The van der Waals surface area contributed by atoms with Gasteiger partial charge in [-0.1, -0.05) is 30.1 Å². The van der Waals surface area contributed by atoms with Crippen molar-refractivity contribution in [1.82, 2.24) is 4.57 Å². The Labute approximate surface area is 178 Å². The predicted molar refractivity (Wildman–Crippen MR) is 116 cm³/mol. The van der Waals surface area contributed by atoms with Crippen LogP contribution in [0.5, 0.6) is 5.75 Å². The summed E-state index contributed by atoms with van der Waals surface area (Å²) < 4.78 is 7.22. The Hall–Kier alpha value is -2.96. The quantitative estimate of drug-likeness (QED) is 0.548. The van der Waals surface area contributed by atoms with Gasteiger partial charge in [-0.2, -0.15) is 0 Å². The van der Waals surface area contributed by atoms with Gasteiger partial charge in [0.1, 0.15) is 5.75 Å². The van der Waals surface area contributed by atoms with E-state index in [4.69, 9.17) is 27.9 Å². The van der Waals surface area contributed by atoms with Crippen LogP contribution >= 0.6 is 23.2 Å². The molecule has 0 atom stereocenters. The number of rotatable bonds is 6. The number of benzene rings is 2. The van der Waals surface area contributed by atoms with Gasteiger partial charge in [0.15, 0.2) is 0 Å². The molecule has 2 aromatic carbocycles. The molecule has 0 saturated heterocycles. The van der Waals surface area contributed by atoms with Crippen molar-refractivity contribution in [2.45, 2.75) is 13.3 Å². The summed E-state index contributed by atoms with van der Waals surface area (Å²) in [5.41, 5.74) is 1.84. The molecule has 2 amide bonds. The van der Waals surface area contributed by atoms with Crippen molar-refractivity contribution >= 4 is 46.4 Å². The fraction of sp³-hybridized carbons (Fsp3) is 0.143. The number of hydrogen-bond donors (Lipinski definition) is 2. The van der Waals surface area contributed by atoms with Crippen LogP contribution in [-0.4, -0.2) is 23.5 Å². The van der Waals surface area contributed by atoms with E-state index in [0.717, 1.165) is 0 Å². The molecular weight excluding hydrogens is 413 g/mol. The Kier molecular flexibility index (Phi) is 6.46. The van der Waals surface area contributed by atoms with Gasteiger partial charge in [-0.25, -0.2) is 0 Å². The van der Waals surface area contributed by atoms with E-state index in [0.29, 0.717) is 39.3 Å². The first kappa shape index (κ1) is 20.8. The van der Waals surface area contributed by atoms with Crippen LogP contribution in [-0.2, 0) is 4.79 Å². The molecule has 8 heteroatoms. The maximum absolute atomic E-state index is 12.9.